The second-order valence-corrected chi connectivity index (χ2v) is 5.88. The number of benzene rings is 1. The van der Waals surface area contributed by atoms with Crippen molar-refractivity contribution in [3.63, 3.8) is 0 Å². The Hall–Kier alpha value is -3.16. The van der Waals surface area contributed by atoms with Gasteiger partial charge in [0.1, 0.15) is 5.69 Å². The fourth-order valence-electron chi connectivity index (χ4n) is 2.59. The Morgan fingerprint density at radius 2 is 1.81 bits per heavy atom. The molecular weight excluding hydrogens is 357 g/mol. The second-order valence-electron chi connectivity index (χ2n) is 5.88. The molecule has 2 heterocycles. The molecule has 0 unspecified atom stereocenters. The summed E-state index contributed by atoms with van der Waals surface area (Å²) < 4.78 is 39.5. The zero-order valence-corrected chi connectivity index (χ0v) is 14.3. The van der Waals surface area contributed by atoms with Gasteiger partial charge in [0, 0.05) is 31.7 Å². The van der Waals surface area contributed by atoms with Crippen LogP contribution in [0, 0.1) is 0 Å². The summed E-state index contributed by atoms with van der Waals surface area (Å²) >= 11 is 0. The highest BCUT2D eigenvalue weighted by molar-refractivity contribution is 5.78. The molecule has 1 amide bonds. The molecule has 2 aromatic heterocycles. The molecule has 0 saturated carbocycles. The lowest BCUT2D eigenvalue weighted by Gasteiger charge is -2.10. The summed E-state index contributed by atoms with van der Waals surface area (Å²) in [7, 11) is 0. The molecule has 0 aliphatic heterocycles. The lowest BCUT2D eigenvalue weighted by Crippen LogP contribution is -2.28. The maximum absolute atomic E-state index is 12.5. The van der Waals surface area contributed by atoms with Crippen LogP contribution in [0.5, 0.6) is 0 Å². The van der Waals surface area contributed by atoms with E-state index < -0.39 is 11.7 Å². The topological polar surface area (TPSA) is 59.8 Å². The van der Waals surface area contributed by atoms with Crippen LogP contribution in [0.3, 0.4) is 0 Å². The summed E-state index contributed by atoms with van der Waals surface area (Å²) in [6.45, 7) is 0.875. The average Bonchev–Trinajstić information content (AvgIpc) is 3.11. The molecule has 0 aliphatic carbocycles. The number of hydrogen-bond donors (Lipinski definition) is 1. The van der Waals surface area contributed by atoms with Crippen molar-refractivity contribution in [2.75, 3.05) is 6.54 Å². The van der Waals surface area contributed by atoms with Gasteiger partial charge in [0.15, 0.2) is 5.82 Å². The molecule has 1 aromatic carbocycles. The summed E-state index contributed by atoms with van der Waals surface area (Å²) in [6, 6.07) is 10.1. The molecule has 3 aromatic rings. The van der Waals surface area contributed by atoms with E-state index in [0.717, 1.165) is 17.8 Å². The first-order valence-electron chi connectivity index (χ1n) is 8.29. The van der Waals surface area contributed by atoms with E-state index in [9.17, 15) is 18.0 Å². The van der Waals surface area contributed by atoms with E-state index in [2.05, 4.69) is 15.3 Å². The van der Waals surface area contributed by atoms with Gasteiger partial charge in [0.2, 0.25) is 5.91 Å². The Labute approximate surface area is 153 Å². The third kappa shape index (κ3) is 4.93. The van der Waals surface area contributed by atoms with E-state index in [-0.39, 0.29) is 12.3 Å². The number of nitrogens with one attached hydrogen (secondary N) is 1. The van der Waals surface area contributed by atoms with Crippen molar-refractivity contribution in [3.8, 4) is 11.5 Å². The van der Waals surface area contributed by atoms with Gasteiger partial charge in [-0.2, -0.15) is 13.2 Å². The second kappa shape index (κ2) is 8.03. The molecule has 0 saturated heterocycles. The molecule has 3 rings (SSSR count). The molecule has 140 valence electrons. The minimum Gasteiger partial charge on any atom is -0.354 e. The fourth-order valence-corrected chi connectivity index (χ4v) is 2.59. The van der Waals surface area contributed by atoms with Crippen LogP contribution in [-0.2, 0) is 23.9 Å². The number of alkyl halides is 3. The van der Waals surface area contributed by atoms with E-state index in [4.69, 9.17) is 0 Å². The Bertz CT molecular complexity index is 889. The van der Waals surface area contributed by atoms with Crippen LogP contribution in [0.15, 0.2) is 61.1 Å². The van der Waals surface area contributed by atoms with Gasteiger partial charge < -0.3 is 9.88 Å². The summed E-state index contributed by atoms with van der Waals surface area (Å²) in [6.07, 6.45) is 0.784. The molecule has 0 bridgehead atoms. The lowest BCUT2D eigenvalue weighted by molar-refractivity contribution is -0.137. The Morgan fingerprint density at radius 1 is 1.04 bits per heavy atom. The zero-order valence-electron chi connectivity index (χ0n) is 14.3. The first-order chi connectivity index (χ1) is 12.9. The molecule has 5 nitrogen and oxygen atoms in total. The third-order valence-corrected chi connectivity index (χ3v) is 3.93. The van der Waals surface area contributed by atoms with E-state index in [1.165, 1.54) is 12.1 Å². The van der Waals surface area contributed by atoms with Crippen LogP contribution in [0.4, 0.5) is 13.2 Å². The number of hydrogen-bond acceptors (Lipinski definition) is 3. The van der Waals surface area contributed by atoms with Crippen molar-refractivity contribution in [3.05, 3.63) is 72.2 Å². The van der Waals surface area contributed by atoms with Crippen LogP contribution < -0.4 is 5.32 Å². The highest BCUT2D eigenvalue weighted by Crippen LogP contribution is 2.29. The maximum atomic E-state index is 12.5. The smallest absolute Gasteiger partial charge is 0.354 e. The molecule has 1 N–H and O–H groups in total. The lowest BCUT2D eigenvalue weighted by atomic mass is 10.1. The summed E-state index contributed by atoms with van der Waals surface area (Å²) in [5, 5.41) is 2.76. The van der Waals surface area contributed by atoms with Crippen molar-refractivity contribution in [2.24, 2.45) is 0 Å². The highest BCUT2D eigenvalue weighted by atomic mass is 19.4. The van der Waals surface area contributed by atoms with Gasteiger partial charge in [0.05, 0.1) is 12.0 Å². The zero-order chi connectivity index (χ0) is 19.3. The number of nitrogens with zero attached hydrogens (tertiary/aromatic N) is 3. The minimum absolute atomic E-state index is 0.0230. The molecule has 0 fully saturated rings. The number of carbonyl (C=O) groups excluding carboxylic acids is 1. The van der Waals surface area contributed by atoms with Crippen LogP contribution in [0.25, 0.3) is 11.5 Å². The number of amides is 1. The number of carbonyl (C=O) groups is 1. The monoisotopic (exact) mass is 374 g/mol. The molecule has 0 spiro atoms. The average molecular weight is 374 g/mol. The van der Waals surface area contributed by atoms with E-state index in [1.807, 2.05) is 22.8 Å². The number of aromatic nitrogens is 3. The first kappa shape index (κ1) is 18.6. The van der Waals surface area contributed by atoms with Crippen molar-refractivity contribution >= 4 is 5.91 Å². The van der Waals surface area contributed by atoms with Gasteiger partial charge in [0.25, 0.3) is 0 Å². The molecule has 8 heteroatoms. The molecule has 0 atom stereocenters. The van der Waals surface area contributed by atoms with Crippen LogP contribution in [0.2, 0.25) is 0 Å². The van der Waals surface area contributed by atoms with Gasteiger partial charge in [-0.1, -0.05) is 18.2 Å². The summed E-state index contributed by atoms with van der Waals surface area (Å²) in [5.74, 6) is 0.446. The van der Waals surface area contributed by atoms with E-state index >= 15 is 0 Å². The van der Waals surface area contributed by atoms with Crippen molar-refractivity contribution < 1.29 is 18.0 Å². The van der Waals surface area contributed by atoms with Crippen LogP contribution in [-0.4, -0.2) is 27.0 Å². The Morgan fingerprint density at radius 3 is 2.48 bits per heavy atom. The Balaban J connectivity index is 1.51. The quantitative estimate of drug-likeness (QED) is 0.720. The van der Waals surface area contributed by atoms with E-state index in [0.29, 0.717) is 24.5 Å². The van der Waals surface area contributed by atoms with Gasteiger partial charge in [-0.15, -0.1) is 0 Å². The molecule has 27 heavy (non-hydrogen) atoms. The standard InChI is InChI=1S/C19H17F3N4O/c20-19(21,22)15-6-4-14(5-7-15)13-17(27)24-9-11-26-12-10-25-18(26)16-3-1-2-8-23-16/h1-8,10,12H,9,11,13H2,(H,24,27). The number of imidazole rings is 1. The maximum Gasteiger partial charge on any atom is 0.416 e. The van der Waals surface area contributed by atoms with Gasteiger partial charge in [-0.05, 0) is 29.8 Å². The van der Waals surface area contributed by atoms with Crippen molar-refractivity contribution in [1.82, 2.24) is 19.9 Å². The predicted octanol–water partition coefficient (Wildman–Crippen LogP) is 3.32. The minimum atomic E-state index is -4.38. The number of pyridine rings is 1. The molecular formula is C19H17F3N4O. The molecule has 0 aliphatic rings. The Kier molecular flexibility index (Phi) is 5.54. The normalized spacial score (nSPS) is 11.4. The number of halogens is 3. The number of rotatable bonds is 6. The SMILES string of the molecule is O=C(Cc1ccc(C(F)(F)F)cc1)NCCn1ccnc1-c1ccccn1. The van der Waals surface area contributed by atoms with Gasteiger partial charge in [-0.25, -0.2) is 4.98 Å². The van der Waals surface area contributed by atoms with Crippen molar-refractivity contribution in [1.29, 1.82) is 0 Å². The predicted molar refractivity (Wildman–Crippen MR) is 93.6 cm³/mol. The first-order valence-corrected chi connectivity index (χ1v) is 8.29. The summed E-state index contributed by atoms with van der Waals surface area (Å²) in [5.41, 5.74) is 0.532. The molecule has 0 radical (unpaired) electrons. The van der Waals surface area contributed by atoms with Gasteiger partial charge >= 0.3 is 6.18 Å². The fraction of sp³-hybridized carbons (Fsp3) is 0.211. The third-order valence-electron chi connectivity index (χ3n) is 3.93. The van der Waals surface area contributed by atoms with Crippen LogP contribution in [0.1, 0.15) is 11.1 Å². The summed E-state index contributed by atoms with van der Waals surface area (Å²) in [4.78, 5) is 20.5. The highest BCUT2D eigenvalue weighted by Gasteiger charge is 2.29. The van der Waals surface area contributed by atoms with E-state index in [1.54, 1.807) is 18.6 Å². The largest absolute Gasteiger partial charge is 0.416 e. The van der Waals surface area contributed by atoms with Gasteiger partial charge in [-0.3, -0.25) is 9.78 Å². The van der Waals surface area contributed by atoms with Crippen molar-refractivity contribution in [2.45, 2.75) is 19.1 Å². The van der Waals surface area contributed by atoms with Crippen LogP contribution >= 0.6 is 0 Å².